The van der Waals surface area contributed by atoms with Crippen molar-refractivity contribution >= 4 is 27.3 Å². The molecule has 3 aliphatic rings. The van der Waals surface area contributed by atoms with Crippen molar-refractivity contribution in [1.82, 2.24) is 4.90 Å². The van der Waals surface area contributed by atoms with Gasteiger partial charge in [0.05, 0.1) is 10.6 Å². The van der Waals surface area contributed by atoms with Crippen molar-refractivity contribution < 1.29 is 4.92 Å². The van der Waals surface area contributed by atoms with Crippen LogP contribution in [0.4, 0.5) is 11.4 Å². The number of hydrogen-bond acceptors (Lipinski definition) is 4. The van der Waals surface area contributed by atoms with Gasteiger partial charge in [-0.1, -0.05) is 0 Å². The van der Waals surface area contributed by atoms with Crippen LogP contribution in [0.15, 0.2) is 16.6 Å². The highest BCUT2D eigenvalue weighted by molar-refractivity contribution is 9.10. The molecule has 0 spiro atoms. The van der Waals surface area contributed by atoms with E-state index in [1.165, 1.54) is 25.9 Å². The van der Waals surface area contributed by atoms with Crippen LogP contribution in [0.25, 0.3) is 0 Å². The number of aryl methyl sites for hydroxylation is 1. The minimum absolute atomic E-state index is 0.178. The number of piperidine rings is 3. The van der Waals surface area contributed by atoms with Gasteiger partial charge in [0, 0.05) is 28.7 Å². The van der Waals surface area contributed by atoms with Gasteiger partial charge in [-0.2, -0.15) is 0 Å². The van der Waals surface area contributed by atoms with E-state index in [2.05, 4.69) is 26.1 Å². The summed E-state index contributed by atoms with van der Waals surface area (Å²) in [5.41, 5.74) is 1.69. The first-order valence-corrected chi connectivity index (χ1v) is 7.77. The molecular weight excluding hydrogens is 322 g/mol. The molecule has 3 saturated heterocycles. The fourth-order valence-electron chi connectivity index (χ4n) is 3.30. The van der Waals surface area contributed by atoms with Crippen molar-refractivity contribution in [2.45, 2.75) is 25.8 Å². The topological polar surface area (TPSA) is 58.4 Å². The normalized spacial score (nSPS) is 28.4. The summed E-state index contributed by atoms with van der Waals surface area (Å²) in [6, 6.07) is 3.87. The first-order chi connectivity index (χ1) is 9.54. The number of hydrogen-bond donors (Lipinski definition) is 1. The average molecular weight is 340 g/mol. The molecule has 0 saturated carbocycles. The van der Waals surface area contributed by atoms with E-state index in [0.717, 1.165) is 16.7 Å². The number of benzene rings is 1. The molecule has 20 heavy (non-hydrogen) atoms. The molecule has 0 aromatic heterocycles. The van der Waals surface area contributed by atoms with Crippen LogP contribution in [-0.2, 0) is 0 Å². The van der Waals surface area contributed by atoms with Gasteiger partial charge in [-0.15, -0.1) is 0 Å². The van der Waals surface area contributed by atoms with E-state index in [9.17, 15) is 10.1 Å². The zero-order chi connectivity index (χ0) is 14.3. The van der Waals surface area contributed by atoms with Gasteiger partial charge in [0.2, 0.25) is 0 Å². The second-order valence-electron chi connectivity index (χ2n) is 5.76. The standard InChI is InChI=1S/C14H18BrN3O2/c1-9-6-11(15)12(7-14(9)18(19)20)16-13-8-17-4-2-10(13)3-5-17/h6-7,10,13,16H,2-5,8H2,1H3. The maximum absolute atomic E-state index is 11.1. The van der Waals surface area contributed by atoms with Crippen molar-refractivity contribution in [3.05, 3.63) is 32.3 Å². The Bertz CT molecular complexity index is 541. The summed E-state index contributed by atoms with van der Waals surface area (Å²) in [6.07, 6.45) is 2.45. The summed E-state index contributed by atoms with van der Waals surface area (Å²) < 4.78 is 0.900. The van der Waals surface area contributed by atoms with E-state index in [1.54, 1.807) is 13.0 Å². The summed E-state index contributed by atoms with van der Waals surface area (Å²) in [6.45, 7) is 5.19. The summed E-state index contributed by atoms with van der Waals surface area (Å²) in [7, 11) is 0. The Labute approximate surface area is 126 Å². The maximum Gasteiger partial charge on any atom is 0.274 e. The number of nitro benzene ring substituents is 1. The Morgan fingerprint density at radius 1 is 1.40 bits per heavy atom. The highest BCUT2D eigenvalue weighted by Gasteiger charge is 2.34. The Hall–Kier alpha value is -1.14. The second-order valence-corrected chi connectivity index (χ2v) is 6.62. The molecule has 0 radical (unpaired) electrons. The van der Waals surface area contributed by atoms with Crippen molar-refractivity contribution in [3.8, 4) is 0 Å². The maximum atomic E-state index is 11.1. The molecule has 4 rings (SSSR count). The van der Waals surface area contributed by atoms with Crippen LogP contribution in [0.2, 0.25) is 0 Å². The van der Waals surface area contributed by atoms with Crippen LogP contribution in [-0.4, -0.2) is 35.5 Å². The van der Waals surface area contributed by atoms with E-state index >= 15 is 0 Å². The summed E-state index contributed by atoms with van der Waals surface area (Å²) in [5, 5.41) is 14.6. The third kappa shape index (κ3) is 2.54. The number of halogens is 1. The Morgan fingerprint density at radius 2 is 2.10 bits per heavy atom. The largest absolute Gasteiger partial charge is 0.380 e. The van der Waals surface area contributed by atoms with E-state index in [4.69, 9.17) is 0 Å². The third-order valence-corrected chi connectivity index (χ3v) is 5.14. The van der Waals surface area contributed by atoms with Gasteiger partial charge in [0.15, 0.2) is 0 Å². The summed E-state index contributed by atoms with van der Waals surface area (Å²) in [5.74, 6) is 0.687. The number of fused-ring (bicyclic) bond motifs is 3. The Morgan fingerprint density at radius 3 is 2.65 bits per heavy atom. The van der Waals surface area contributed by atoms with E-state index in [0.29, 0.717) is 17.5 Å². The molecule has 5 nitrogen and oxygen atoms in total. The molecule has 108 valence electrons. The van der Waals surface area contributed by atoms with Crippen LogP contribution in [0.1, 0.15) is 18.4 Å². The van der Waals surface area contributed by atoms with Crippen molar-refractivity contribution in [2.24, 2.45) is 5.92 Å². The quantitative estimate of drug-likeness (QED) is 0.678. The second kappa shape index (κ2) is 5.33. The van der Waals surface area contributed by atoms with Gasteiger partial charge in [-0.25, -0.2) is 0 Å². The zero-order valence-corrected chi connectivity index (χ0v) is 13.0. The number of nitrogens with one attached hydrogen (secondary N) is 1. The SMILES string of the molecule is Cc1cc(Br)c(NC2CN3CCC2CC3)cc1[N+](=O)[O-]. The van der Waals surface area contributed by atoms with Crippen LogP contribution >= 0.6 is 15.9 Å². The predicted octanol–water partition coefficient (Wildman–Crippen LogP) is 3.17. The van der Waals surface area contributed by atoms with Crippen molar-refractivity contribution in [3.63, 3.8) is 0 Å². The van der Waals surface area contributed by atoms with Crippen LogP contribution in [0.3, 0.4) is 0 Å². The molecule has 1 aromatic rings. The monoisotopic (exact) mass is 339 g/mol. The van der Waals surface area contributed by atoms with Gasteiger partial charge in [-0.3, -0.25) is 10.1 Å². The first kappa shape index (κ1) is 13.8. The molecule has 3 heterocycles. The van der Waals surface area contributed by atoms with Crippen LogP contribution < -0.4 is 5.32 Å². The summed E-state index contributed by atoms with van der Waals surface area (Å²) in [4.78, 5) is 13.2. The lowest BCUT2D eigenvalue weighted by Crippen LogP contribution is -2.53. The molecule has 0 amide bonds. The average Bonchev–Trinajstić information content (AvgIpc) is 2.43. The van der Waals surface area contributed by atoms with E-state index < -0.39 is 0 Å². The fourth-order valence-corrected chi connectivity index (χ4v) is 3.87. The number of anilines is 1. The van der Waals surface area contributed by atoms with Gasteiger partial charge in [0.25, 0.3) is 5.69 Å². The molecule has 3 fully saturated rings. The lowest BCUT2D eigenvalue weighted by atomic mass is 9.84. The number of nitrogens with zero attached hydrogens (tertiary/aromatic N) is 2. The van der Waals surface area contributed by atoms with Crippen LogP contribution in [0, 0.1) is 23.0 Å². The van der Waals surface area contributed by atoms with E-state index in [1.807, 2.05) is 6.07 Å². The molecule has 2 bridgehead atoms. The molecule has 0 aliphatic carbocycles. The zero-order valence-electron chi connectivity index (χ0n) is 11.4. The van der Waals surface area contributed by atoms with Crippen molar-refractivity contribution in [2.75, 3.05) is 25.0 Å². The molecule has 6 heteroatoms. The van der Waals surface area contributed by atoms with Gasteiger partial charge < -0.3 is 10.2 Å². The minimum atomic E-state index is -0.316. The molecule has 3 aliphatic heterocycles. The van der Waals surface area contributed by atoms with Gasteiger partial charge in [-0.05, 0) is 60.8 Å². The third-order valence-electron chi connectivity index (χ3n) is 4.48. The van der Waals surface area contributed by atoms with Crippen LogP contribution in [0.5, 0.6) is 0 Å². The predicted molar refractivity (Wildman–Crippen MR) is 82.1 cm³/mol. The minimum Gasteiger partial charge on any atom is -0.380 e. The Balaban J connectivity index is 1.83. The van der Waals surface area contributed by atoms with E-state index in [-0.39, 0.29) is 10.6 Å². The first-order valence-electron chi connectivity index (χ1n) is 6.98. The number of rotatable bonds is 3. The smallest absolute Gasteiger partial charge is 0.274 e. The molecule has 1 aromatic carbocycles. The Kier molecular flexibility index (Phi) is 3.69. The number of nitro groups is 1. The fraction of sp³-hybridized carbons (Fsp3) is 0.571. The lowest BCUT2D eigenvalue weighted by Gasteiger charge is -2.45. The molecule has 1 N–H and O–H groups in total. The summed E-state index contributed by atoms with van der Waals surface area (Å²) >= 11 is 3.51. The van der Waals surface area contributed by atoms with Gasteiger partial charge in [0.1, 0.15) is 0 Å². The van der Waals surface area contributed by atoms with Crippen molar-refractivity contribution in [1.29, 1.82) is 0 Å². The highest BCUT2D eigenvalue weighted by Crippen LogP contribution is 2.34. The highest BCUT2D eigenvalue weighted by atomic mass is 79.9. The molecular formula is C14H18BrN3O2. The molecule has 1 atom stereocenters. The molecule has 1 unspecified atom stereocenters. The van der Waals surface area contributed by atoms with Gasteiger partial charge >= 0.3 is 0 Å². The lowest BCUT2D eigenvalue weighted by molar-refractivity contribution is -0.385.